The number of aryl methyl sites for hydroxylation is 1. The van der Waals surface area contributed by atoms with Gasteiger partial charge in [-0.1, -0.05) is 48.0 Å². The van der Waals surface area contributed by atoms with Crippen LogP contribution in [-0.2, 0) is 6.42 Å². The fourth-order valence-electron chi connectivity index (χ4n) is 4.41. The van der Waals surface area contributed by atoms with Crippen LogP contribution in [0.15, 0.2) is 54.6 Å². The number of benzene rings is 2. The van der Waals surface area contributed by atoms with Crippen molar-refractivity contribution in [1.29, 1.82) is 0 Å². The summed E-state index contributed by atoms with van der Waals surface area (Å²) in [6.07, 6.45) is 0.765. The van der Waals surface area contributed by atoms with Gasteiger partial charge in [-0.2, -0.15) is 5.10 Å². The first-order valence-electron chi connectivity index (χ1n) is 10.1. The Balaban J connectivity index is 1.64. The van der Waals surface area contributed by atoms with Gasteiger partial charge >= 0.3 is 0 Å². The fourth-order valence-corrected chi connectivity index (χ4v) is 4.41. The van der Waals surface area contributed by atoms with Crippen molar-refractivity contribution in [2.75, 3.05) is 6.54 Å². The summed E-state index contributed by atoms with van der Waals surface area (Å²) in [6, 6.07) is 17.8. The zero-order chi connectivity index (χ0) is 20.8. The number of carbonyl (C=O) groups is 2. The number of hydrogen-bond donors (Lipinski definition) is 2. The number of H-pyrrole nitrogens is 2. The van der Waals surface area contributed by atoms with Gasteiger partial charge in [-0.15, -0.1) is 0 Å². The van der Waals surface area contributed by atoms with E-state index in [1.165, 1.54) is 17.9 Å². The van der Waals surface area contributed by atoms with Crippen LogP contribution in [0.25, 0.3) is 10.9 Å². The molecule has 30 heavy (non-hydrogen) atoms. The van der Waals surface area contributed by atoms with Gasteiger partial charge in [-0.25, -0.2) is 0 Å². The lowest BCUT2D eigenvalue weighted by molar-refractivity contribution is 0.0685. The highest BCUT2D eigenvalue weighted by Gasteiger charge is 2.35. The van der Waals surface area contributed by atoms with E-state index in [2.05, 4.69) is 52.4 Å². The molecular weight excluding hydrogens is 376 g/mol. The molecule has 3 heterocycles. The smallest absolute Gasteiger partial charge is 0.272 e. The van der Waals surface area contributed by atoms with Gasteiger partial charge in [0.1, 0.15) is 11.4 Å². The largest absolute Gasteiger partial charge is 0.356 e. The van der Waals surface area contributed by atoms with E-state index in [1.54, 1.807) is 6.07 Å². The first-order valence-corrected chi connectivity index (χ1v) is 10.1. The molecule has 1 aliphatic heterocycles. The average molecular weight is 398 g/mol. The number of Topliss-reactive ketones (excluding diaryl/α,β-unsaturated/α-hetero) is 1. The highest BCUT2D eigenvalue weighted by atomic mass is 16.2. The second-order valence-electron chi connectivity index (χ2n) is 7.85. The molecule has 0 bridgehead atoms. The molecule has 150 valence electrons. The van der Waals surface area contributed by atoms with Gasteiger partial charge in [-0.3, -0.25) is 14.7 Å². The number of aromatic amines is 2. The molecule has 0 aliphatic carbocycles. The van der Waals surface area contributed by atoms with Crippen molar-refractivity contribution < 1.29 is 9.59 Å². The average Bonchev–Trinajstić information content (AvgIpc) is 3.37. The molecule has 4 aromatic rings. The standard InChI is InChI=1S/C24H22N4O2/c1-14-6-5-7-16(12-14)23-22-18(17-8-3-4-9-19(17)25-22)10-11-28(23)24(30)21-13-20(15(2)29)26-27-21/h3-9,12-13,23,25H,10-11H2,1-2H3,(H,26,27)/t23-/m1/s1. The molecule has 6 heteroatoms. The third kappa shape index (κ3) is 2.92. The van der Waals surface area contributed by atoms with Crippen LogP contribution in [0, 0.1) is 6.92 Å². The third-order valence-electron chi connectivity index (χ3n) is 5.82. The predicted molar refractivity (Wildman–Crippen MR) is 115 cm³/mol. The van der Waals surface area contributed by atoms with Gasteiger partial charge in [-0.05, 0) is 36.6 Å². The second-order valence-corrected chi connectivity index (χ2v) is 7.85. The number of nitrogens with one attached hydrogen (secondary N) is 2. The number of ketones is 1. The highest BCUT2D eigenvalue weighted by Crippen LogP contribution is 2.39. The van der Waals surface area contributed by atoms with Gasteiger partial charge in [0.2, 0.25) is 0 Å². The van der Waals surface area contributed by atoms with E-state index in [4.69, 9.17) is 0 Å². The Hall–Kier alpha value is -3.67. The summed E-state index contributed by atoms with van der Waals surface area (Å²) in [5.41, 5.74) is 6.19. The molecule has 0 radical (unpaired) electrons. The van der Waals surface area contributed by atoms with E-state index in [0.717, 1.165) is 28.8 Å². The lowest BCUT2D eigenvalue weighted by Crippen LogP contribution is -2.40. The van der Waals surface area contributed by atoms with Crippen molar-refractivity contribution in [2.24, 2.45) is 0 Å². The predicted octanol–water partition coefficient (Wildman–Crippen LogP) is 4.19. The van der Waals surface area contributed by atoms with Gasteiger partial charge in [0, 0.05) is 30.1 Å². The Bertz CT molecular complexity index is 1280. The van der Waals surface area contributed by atoms with Crippen LogP contribution in [0.4, 0.5) is 0 Å². The number of aromatic nitrogens is 3. The summed E-state index contributed by atoms with van der Waals surface area (Å²) in [7, 11) is 0. The second kappa shape index (κ2) is 6.99. The number of fused-ring (bicyclic) bond motifs is 3. The van der Waals surface area contributed by atoms with E-state index in [0.29, 0.717) is 12.2 Å². The Morgan fingerprint density at radius 2 is 1.93 bits per heavy atom. The van der Waals surface area contributed by atoms with Gasteiger partial charge < -0.3 is 9.88 Å². The summed E-state index contributed by atoms with van der Waals surface area (Å²) >= 11 is 0. The normalized spacial score (nSPS) is 15.9. The molecule has 1 aliphatic rings. The van der Waals surface area contributed by atoms with Gasteiger partial charge in [0.25, 0.3) is 5.91 Å². The molecular formula is C24H22N4O2. The number of nitrogens with zero attached hydrogens (tertiary/aromatic N) is 2. The number of para-hydroxylation sites is 1. The molecule has 0 saturated heterocycles. The SMILES string of the molecule is CC(=O)c1cc(C(=O)N2CCc3c([nH]c4ccccc34)[C@H]2c2cccc(C)c2)[nH]n1. The molecule has 2 aromatic carbocycles. The monoisotopic (exact) mass is 398 g/mol. The van der Waals surface area contributed by atoms with Crippen molar-refractivity contribution in [3.05, 3.63) is 88.4 Å². The molecule has 2 N–H and O–H groups in total. The van der Waals surface area contributed by atoms with Crippen molar-refractivity contribution in [3.63, 3.8) is 0 Å². The lowest BCUT2D eigenvalue weighted by atomic mass is 9.91. The van der Waals surface area contributed by atoms with Crippen LogP contribution >= 0.6 is 0 Å². The van der Waals surface area contributed by atoms with Crippen LogP contribution in [0.3, 0.4) is 0 Å². The molecule has 5 rings (SSSR count). The number of rotatable bonds is 3. The molecule has 1 atom stereocenters. The Kier molecular flexibility index (Phi) is 4.28. The summed E-state index contributed by atoms with van der Waals surface area (Å²) in [4.78, 5) is 30.5. The minimum absolute atomic E-state index is 0.161. The molecule has 0 saturated carbocycles. The molecule has 2 aromatic heterocycles. The summed E-state index contributed by atoms with van der Waals surface area (Å²) in [5.74, 6) is -0.331. The Labute approximate surface area is 173 Å². The van der Waals surface area contributed by atoms with E-state index in [1.807, 2.05) is 23.1 Å². The minimum Gasteiger partial charge on any atom is -0.356 e. The van der Waals surface area contributed by atoms with Crippen molar-refractivity contribution in [3.8, 4) is 0 Å². The maximum absolute atomic E-state index is 13.5. The molecule has 0 fully saturated rings. The summed E-state index contributed by atoms with van der Waals surface area (Å²) < 4.78 is 0. The van der Waals surface area contributed by atoms with E-state index in [-0.39, 0.29) is 23.4 Å². The highest BCUT2D eigenvalue weighted by molar-refractivity contribution is 5.98. The van der Waals surface area contributed by atoms with Gasteiger partial charge in [0.15, 0.2) is 5.78 Å². The zero-order valence-corrected chi connectivity index (χ0v) is 16.9. The van der Waals surface area contributed by atoms with Crippen LogP contribution < -0.4 is 0 Å². The van der Waals surface area contributed by atoms with E-state index < -0.39 is 0 Å². The maximum Gasteiger partial charge on any atom is 0.272 e. The first-order chi connectivity index (χ1) is 14.5. The third-order valence-corrected chi connectivity index (χ3v) is 5.82. The van der Waals surface area contributed by atoms with E-state index >= 15 is 0 Å². The molecule has 1 amide bonds. The minimum atomic E-state index is -0.238. The summed E-state index contributed by atoms with van der Waals surface area (Å²) in [6.45, 7) is 4.08. The first kappa shape index (κ1) is 18.4. The topological polar surface area (TPSA) is 81.9 Å². The van der Waals surface area contributed by atoms with Crippen LogP contribution in [0.1, 0.15) is 56.3 Å². The number of amides is 1. The van der Waals surface area contributed by atoms with Crippen LogP contribution in [-0.4, -0.2) is 38.3 Å². The van der Waals surface area contributed by atoms with Crippen molar-refractivity contribution >= 4 is 22.6 Å². The maximum atomic E-state index is 13.5. The van der Waals surface area contributed by atoms with Crippen molar-refractivity contribution in [2.45, 2.75) is 26.3 Å². The Morgan fingerprint density at radius 1 is 1.10 bits per heavy atom. The van der Waals surface area contributed by atoms with Crippen LogP contribution in [0.2, 0.25) is 0 Å². The van der Waals surface area contributed by atoms with Gasteiger partial charge in [0.05, 0.1) is 6.04 Å². The molecule has 0 unspecified atom stereocenters. The van der Waals surface area contributed by atoms with E-state index in [9.17, 15) is 9.59 Å². The van der Waals surface area contributed by atoms with Crippen molar-refractivity contribution in [1.82, 2.24) is 20.1 Å². The fraction of sp³-hybridized carbons (Fsp3) is 0.208. The summed E-state index contributed by atoms with van der Waals surface area (Å²) in [5, 5.41) is 7.94. The molecule has 0 spiro atoms. The quantitative estimate of drug-likeness (QED) is 0.508. The molecule has 6 nitrogen and oxygen atoms in total. The number of hydrogen-bond acceptors (Lipinski definition) is 3. The lowest BCUT2D eigenvalue weighted by Gasteiger charge is -2.36. The number of carbonyl (C=O) groups excluding carboxylic acids is 2. The zero-order valence-electron chi connectivity index (χ0n) is 16.9. The Morgan fingerprint density at radius 3 is 2.70 bits per heavy atom. The van der Waals surface area contributed by atoms with Crippen LogP contribution in [0.5, 0.6) is 0 Å².